The van der Waals surface area contributed by atoms with Crippen LogP contribution in [-0.2, 0) is 0 Å². The van der Waals surface area contributed by atoms with Crippen LogP contribution in [0.15, 0.2) is 18.2 Å². The molecule has 0 amide bonds. The molecule has 0 spiro atoms. The Hall–Kier alpha value is -1.42. The lowest BCUT2D eigenvalue weighted by molar-refractivity contribution is 0.526. The van der Waals surface area contributed by atoms with E-state index in [1.165, 1.54) is 18.9 Å². The van der Waals surface area contributed by atoms with Crippen molar-refractivity contribution in [1.29, 1.82) is 0 Å². The third-order valence-electron chi connectivity index (χ3n) is 4.33. The molecule has 4 heteroatoms. The monoisotopic (exact) mass is 289 g/mol. The van der Waals surface area contributed by atoms with E-state index in [1.807, 2.05) is 6.92 Å². The predicted octanol–water partition coefficient (Wildman–Crippen LogP) is 4.13. The SMILES string of the molecule is CC(N)CCCC(C)c1nc2ccc(F)cc2n1C1CC1. The molecule has 2 atom stereocenters. The molecule has 2 unspecified atom stereocenters. The fourth-order valence-corrected chi connectivity index (χ4v) is 3.02. The Morgan fingerprint density at radius 2 is 2.10 bits per heavy atom. The van der Waals surface area contributed by atoms with Gasteiger partial charge in [-0.3, -0.25) is 0 Å². The third-order valence-corrected chi connectivity index (χ3v) is 4.33. The standard InChI is InChI=1S/C17H24FN3/c1-11(4-3-5-12(2)19)17-20-15-9-6-13(18)10-16(15)21(17)14-7-8-14/h6,9-12,14H,3-5,7-8,19H2,1-2H3. The molecule has 3 nitrogen and oxygen atoms in total. The molecule has 1 aromatic carbocycles. The fourth-order valence-electron chi connectivity index (χ4n) is 3.02. The van der Waals surface area contributed by atoms with Gasteiger partial charge < -0.3 is 10.3 Å². The van der Waals surface area contributed by atoms with E-state index < -0.39 is 0 Å². The highest BCUT2D eigenvalue weighted by molar-refractivity contribution is 5.76. The van der Waals surface area contributed by atoms with Gasteiger partial charge in [0, 0.05) is 18.0 Å². The Bertz CT molecular complexity index is 628. The minimum absolute atomic E-state index is 0.180. The highest BCUT2D eigenvalue weighted by Crippen LogP contribution is 2.41. The van der Waals surface area contributed by atoms with E-state index in [0.29, 0.717) is 12.0 Å². The Morgan fingerprint density at radius 3 is 2.76 bits per heavy atom. The van der Waals surface area contributed by atoms with Crippen molar-refractivity contribution in [3.63, 3.8) is 0 Å². The van der Waals surface area contributed by atoms with Crippen LogP contribution in [0.2, 0.25) is 0 Å². The Labute approximate surface area is 125 Å². The number of nitrogens with zero attached hydrogens (tertiary/aromatic N) is 2. The van der Waals surface area contributed by atoms with E-state index in [2.05, 4.69) is 11.5 Å². The van der Waals surface area contributed by atoms with Crippen molar-refractivity contribution in [3.8, 4) is 0 Å². The van der Waals surface area contributed by atoms with Crippen LogP contribution in [0, 0.1) is 5.82 Å². The number of rotatable bonds is 6. The molecular weight excluding hydrogens is 265 g/mol. The van der Waals surface area contributed by atoms with Gasteiger partial charge in [-0.05, 0) is 50.8 Å². The summed E-state index contributed by atoms with van der Waals surface area (Å²) in [4.78, 5) is 4.78. The lowest BCUT2D eigenvalue weighted by Crippen LogP contribution is -2.14. The first kappa shape index (κ1) is 14.5. The first-order chi connectivity index (χ1) is 10.1. The van der Waals surface area contributed by atoms with Crippen LogP contribution in [0.25, 0.3) is 11.0 Å². The lowest BCUT2D eigenvalue weighted by Gasteiger charge is -2.15. The summed E-state index contributed by atoms with van der Waals surface area (Å²) in [6.45, 7) is 4.27. The number of hydrogen-bond donors (Lipinski definition) is 1. The number of halogens is 1. The maximum Gasteiger partial charge on any atom is 0.125 e. The van der Waals surface area contributed by atoms with Gasteiger partial charge in [-0.2, -0.15) is 0 Å². The van der Waals surface area contributed by atoms with Crippen LogP contribution in [-0.4, -0.2) is 15.6 Å². The number of hydrogen-bond acceptors (Lipinski definition) is 2. The summed E-state index contributed by atoms with van der Waals surface area (Å²) in [6.07, 6.45) is 5.60. The molecule has 0 saturated heterocycles. The van der Waals surface area contributed by atoms with E-state index in [0.717, 1.165) is 36.1 Å². The molecule has 2 aromatic rings. The van der Waals surface area contributed by atoms with Crippen molar-refractivity contribution < 1.29 is 4.39 Å². The average molecular weight is 289 g/mol. The minimum atomic E-state index is -0.180. The van der Waals surface area contributed by atoms with Gasteiger partial charge >= 0.3 is 0 Å². The Balaban J connectivity index is 1.88. The molecule has 1 heterocycles. The fraction of sp³-hybridized carbons (Fsp3) is 0.588. The van der Waals surface area contributed by atoms with Crippen LogP contribution in [0.4, 0.5) is 4.39 Å². The van der Waals surface area contributed by atoms with Gasteiger partial charge in [0.15, 0.2) is 0 Å². The summed E-state index contributed by atoms with van der Waals surface area (Å²) in [5.41, 5.74) is 7.69. The topological polar surface area (TPSA) is 43.8 Å². The molecule has 1 saturated carbocycles. The Morgan fingerprint density at radius 1 is 1.33 bits per heavy atom. The second-order valence-corrected chi connectivity index (χ2v) is 6.51. The smallest absolute Gasteiger partial charge is 0.125 e. The summed E-state index contributed by atoms with van der Waals surface area (Å²) in [5, 5.41) is 0. The highest BCUT2D eigenvalue weighted by Gasteiger charge is 2.29. The van der Waals surface area contributed by atoms with Crippen molar-refractivity contribution in [2.75, 3.05) is 0 Å². The number of aromatic nitrogens is 2. The molecule has 0 radical (unpaired) electrons. The van der Waals surface area contributed by atoms with Gasteiger partial charge in [0.2, 0.25) is 0 Å². The molecular formula is C17H24FN3. The molecule has 0 bridgehead atoms. The van der Waals surface area contributed by atoms with Crippen molar-refractivity contribution in [2.45, 2.75) is 64.0 Å². The summed E-state index contributed by atoms with van der Waals surface area (Å²) >= 11 is 0. The van der Waals surface area contributed by atoms with Gasteiger partial charge in [-0.25, -0.2) is 9.37 Å². The van der Waals surface area contributed by atoms with E-state index >= 15 is 0 Å². The molecule has 2 N–H and O–H groups in total. The zero-order valence-corrected chi connectivity index (χ0v) is 12.8. The van der Waals surface area contributed by atoms with E-state index in [-0.39, 0.29) is 11.9 Å². The number of imidazole rings is 1. The maximum absolute atomic E-state index is 13.5. The Kier molecular flexibility index (Phi) is 3.98. The molecule has 1 aliphatic carbocycles. The summed E-state index contributed by atoms with van der Waals surface area (Å²) in [6, 6.07) is 5.69. The van der Waals surface area contributed by atoms with Gasteiger partial charge in [-0.1, -0.05) is 13.3 Å². The quantitative estimate of drug-likeness (QED) is 0.869. The zero-order valence-electron chi connectivity index (χ0n) is 12.8. The van der Waals surface area contributed by atoms with Crippen molar-refractivity contribution >= 4 is 11.0 Å². The first-order valence-corrected chi connectivity index (χ1v) is 7.99. The van der Waals surface area contributed by atoms with Crippen LogP contribution >= 0.6 is 0 Å². The van der Waals surface area contributed by atoms with Gasteiger partial charge in [0.05, 0.1) is 11.0 Å². The molecule has 21 heavy (non-hydrogen) atoms. The molecule has 0 aliphatic heterocycles. The van der Waals surface area contributed by atoms with E-state index in [4.69, 9.17) is 10.7 Å². The highest BCUT2D eigenvalue weighted by atomic mass is 19.1. The van der Waals surface area contributed by atoms with Gasteiger partial charge in [-0.15, -0.1) is 0 Å². The molecule has 1 aromatic heterocycles. The summed E-state index contributed by atoms with van der Waals surface area (Å²) < 4.78 is 15.8. The molecule has 1 fully saturated rings. The summed E-state index contributed by atoms with van der Waals surface area (Å²) in [7, 11) is 0. The number of nitrogens with two attached hydrogens (primary N) is 1. The molecule has 114 valence electrons. The average Bonchev–Trinajstić information content (AvgIpc) is 3.19. The van der Waals surface area contributed by atoms with Crippen LogP contribution in [0.1, 0.15) is 63.7 Å². The van der Waals surface area contributed by atoms with Gasteiger partial charge in [0.1, 0.15) is 11.6 Å². The predicted molar refractivity (Wildman–Crippen MR) is 83.9 cm³/mol. The number of benzene rings is 1. The van der Waals surface area contributed by atoms with Crippen molar-refractivity contribution in [3.05, 3.63) is 29.8 Å². The third kappa shape index (κ3) is 3.10. The molecule has 1 aliphatic rings. The lowest BCUT2D eigenvalue weighted by atomic mass is 10.0. The van der Waals surface area contributed by atoms with Crippen molar-refractivity contribution in [1.82, 2.24) is 9.55 Å². The largest absolute Gasteiger partial charge is 0.328 e. The van der Waals surface area contributed by atoms with Crippen LogP contribution in [0.5, 0.6) is 0 Å². The maximum atomic E-state index is 13.5. The van der Waals surface area contributed by atoms with Crippen molar-refractivity contribution in [2.24, 2.45) is 5.73 Å². The second kappa shape index (κ2) is 5.76. The minimum Gasteiger partial charge on any atom is -0.328 e. The zero-order chi connectivity index (χ0) is 15.0. The summed E-state index contributed by atoms with van der Waals surface area (Å²) in [5.74, 6) is 1.32. The van der Waals surface area contributed by atoms with Crippen LogP contribution in [0.3, 0.4) is 0 Å². The van der Waals surface area contributed by atoms with E-state index in [1.54, 1.807) is 12.1 Å². The van der Waals surface area contributed by atoms with Gasteiger partial charge in [0.25, 0.3) is 0 Å². The number of fused-ring (bicyclic) bond motifs is 1. The van der Waals surface area contributed by atoms with Crippen LogP contribution < -0.4 is 5.73 Å². The first-order valence-electron chi connectivity index (χ1n) is 7.99. The normalized spacial score (nSPS) is 18.1. The molecule has 3 rings (SSSR count). The van der Waals surface area contributed by atoms with E-state index in [9.17, 15) is 4.39 Å². The second-order valence-electron chi connectivity index (χ2n) is 6.51.